The highest BCUT2D eigenvalue weighted by atomic mass is 19.4. The molecule has 1 aliphatic heterocycles. The van der Waals surface area contributed by atoms with Gasteiger partial charge in [0.15, 0.2) is 5.75 Å². The van der Waals surface area contributed by atoms with Gasteiger partial charge in [-0.25, -0.2) is 0 Å². The molecule has 1 aromatic carbocycles. The molecule has 4 nitrogen and oxygen atoms in total. The van der Waals surface area contributed by atoms with E-state index in [2.05, 4.69) is 4.90 Å². The van der Waals surface area contributed by atoms with Gasteiger partial charge in [0.2, 0.25) is 5.43 Å². The SMILES string of the molecule is O=c1cc(CN2CCCC[C@@H]2c2ccc(C(F)(F)F)cc2)occ1O. The third-order valence-corrected chi connectivity index (χ3v) is 4.46. The first-order chi connectivity index (χ1) is 11.8. The van der Waals surface area contributed by atoms with E-state index in [1.165, 1.54) is 18.2 Å². The highest BCUT2D eigenvalue weighted by Gasteiger charge is 2.31. The summed E-state index contributed by atoms with van der Waals surface area (Å²) in [5.41, 5.74) is -0.360. The van der Waals surface area contributed by atoms with Gasteiger partial charge in [-0.15, -0.1) is 0 Å². The second-order valence-corrected chi connectivity index (χ2v) is 6.20. The third kappa shape index (κ3) is 4.04. The molecular weight excluding hydrogens is 335 g/mol. The number of halogens is 3. The molecule has 25 heavy (non-hydrogen) atoms. The standard InChI is InChI=1S/C18H18F3NO3/c19-18(20,21)13-6-4-12(5-7-13)15-3-1-2-8-22(15)10-14-9-16(23)17(24)11-25-14/h4-7,9,11,15,24H,1-3,8,10H2/t15-/m1/s1. The molecule has 0 aliphatic carbocycles. The summed E-state index contributed by atoms with van der Waals surface area (Å²) in [5, 5.41) is 9.26. The van der Waals surface area contributed by atoms with E-state index < -0.39 is 22.9 Å². The van der Waals surface area contributed by atoms with Crippen LogP contribution in [0.3, 0.4) is 0 Å². The molecule has 1 atom stereocenters. The summed E-state index contributed by atoms with van der Waals surface area (Å²) in [6.45, 7) is 1.12. The van der Waals surface area contributed by atoms with E-state index in [0.29, 0.717) is 12.3 Å². The van der Waals surface area contributed by atoms with Crippen molar-refractivity contribution in [2.24, 2.45) is 0 Å². The Kier molecular flexibility index (Phi) is 4.85. The second kappa shape index (κ2) is 6.92. The lowest BCUT2D eigenvalue weighted by Crippen LogP contribution is -2.33. The van der Waals surface area contributed by atoms with Crippen molar-refractivity contribution in [2.45, 2.75) is 38.0 Å². The topological polar surface area (TPSA) is 53.7 Å². The maximum absolute atomic E-state index is 12.7. The molecule has 1 aliphatic rings. The molecule has 1 fully saturated rings. The highest BCUT2D eigenvalue weighted by molar-refractivity contribution is 5.27. The normalized spacial score (nSPS) is 19.1. The fourth-order valence-electron chi connectivity index (χ4n) is 3.18. The van der Waals surface area contributed by atoms with Gasteiger partial charge in [0.25, 0.3) is 0 Å². The van der Waals surface area contributed by atoms with Crippen LogP contribution in [-0.4, -0.2) is 16.6 Å². The Morgan fingerprint density at radius 2 is 1.92 bits per heavy atom. The molecular formula is C18H18F3NO3. The third-order valence-electron chi connectivity index (χ3n) is 4.46. The van der Waals surface area contributed by atoms with E-state index in [1.54, 1.807) is 0 Å². The minimum atomic E-state index is -4.35. The number of nitrogens with zero attached hydrogens (tertiary/aromatic N) is 1. The first-order valence-corrected chi connectivity index (χ1v) is 8.06. The number of likely N-dealkylation sites (tertiary alicyclic amines) is 1. The summed E-state index contributed by atoms with van der Waals surface area (Å²) in [5.74, 6) is -0.0247. The smallest absolute Gasteiger partial charge is 0.416 e. The van der Waals surface area contributed by atoms with Gasteiger partial charge < -0.3 is 9.52 Å². The lowest BCUT2D eigenvalue weighted by Gasteiger charge is -2.35. The zero-order chi connectivity index (χ0) is 18.0. The molecule has 0 spiro atoms. The van der Waals surface area contributed by atoms with Crippen molar-refractivity contribution in [3.63, 3.8) is 0 Å². The quantitative estimate of drug-likeness (QED) is 0.903. The predicted molar refractivity (Wildman–Crippen MR) is 85.1 cm³/mol. The van der Waals surface area contributed by atoms with E-state index in [4.69, 9.17) is 4.42 Å². The van der Waals surface area contributed by atoms with E-state index in [9.17, 15) is 23.1 Å². The molecule has 134 valence electrons. The van der Waals surface area contributed by atoms with Gasteiger partial charge in [0.1, 0.15) is 12.0 Å². The Labute approximate surface area is 142 Å². The van der Waals surface area contributed by atoms with Crippen LogP contribution in [-0.2, 0) is 12.7 Å². The molecule has 7 heteroatoms. The van der Waals surface area contributed by atoms with E-state index in [0.717, 1.165) is 49.8 Å². The molecule has 0 bridgehead atoms. The Morgan fingerprint density at radius 1 is 1.20 bits per heavy atom. The lowest BCUT2D eigenvalue weighted by atomic mass is 9.94. The molecule has 1 aromatic heterocycles. The number of benzene rings is 1. The van der Waals surface area contributed by atoms with Crippen LogP contribution < -0.4 is 5.43 Å². The lowest BCUT2D eigenvalue weighted by molar-refractivity contribution is -0.137. The van der Waals surface area contributed by atoms with Crippen LogP contribution >= 0.6 is 0 Å². The molecule has 2 aromatic rings. The Hall–Kier alpha value is -2.28. The van der Waals surface area contributed by atoms with Gasteiger partial charge in [-0.1, -0.05) is 18.6 Å². The minimum Gasteiger partial charge on any atom is -0.502 e. The van der Waals surface area contributed by atoms with Crippen LogP contribution in [0.4, 0.5) is 13.2 Å². The Balaban J connectivity index is 1.81. The summed E-state index contributed by atoms with van der Waals surface area (Å²) < 4.78 is 43.4. The molecule has 0 radical (unpaired) electrons. The molecule has 0 amide bonds. The fourth-order valence-corrected chi connectivity index (χ4v) is 3.18. The number of hydrogen-bond donors (Lipinski definition) is 1. The van der Waals surface area contributed by atoms with Crippen molar-refractivity contribution in [3.05, 3.63) is 63.7 Å². The van der Waals surface area contributed by atoms with Crippen LogP contribution in [0.15, 0.2) is 45.8 Å². The maximum atomic E-state index is 12.7. The average Bonchev–Trinajstić information content (AvgIpc) is 2.58. The van der Waals surface area contributed by atoms with Gasteiger partial charge in [-0.3, -0.25) is 9.69 Å². The first kappa shape index (κ1) is 17.5. The Morgan fingerprint density at radius 3 is 2.56 bits per heavy atom. The molecule has 1 N–H and O–H groups in total. The largest absolute Gasteiger partial charge is 0.502 e. The average molecular weight is 353 g/mol. The van der Waals surface area contributed by atoms with Crippen LogP contribution in [0.1, 0.15) is 42.2 Å². The maximum Gasteiger partial charge on any atom is 0.416 e. The molecule has 1 saturated heterocycles. The van der Waals surface area contributed by atoms with Crippen molar-refractivity contribution >= 4 is 0 Å². The van der Waals surface area contributed by atoms with Gasteiger partial charge in [0, 0.05) is 12.1 Å². The molecule has 3 rings (SSSR count). The summed E-state index contributed by atoms with van der Waals surface area (Å²) in [4.78, 5) is 13.6. The number of rotatable bonds is 3. The zero-order valence-electron chi connectivity index (χ0n) is 13.4. The first-order valence-electron chi connectivity index (χ1n) is 8.06. The second-order valence-electron chi connectivity index (χ2n) is 6.20. The van der Waals surface area contributed by atoms with Crippen LogP contribution in [0, 0.1) is 0 Å². The molecule has 2 heterocycles. The fraction of sp³-hybridized carbons (Fsp3) is 0.389. The van der Waals surface area contributed by atoms with Crippen LogP contribution in [0.2, 0.25) is 0 Å². The predicted octanol–water partition coefficient (Wildman–Crippen LogP) is 4.09. The van der Waals surface area contributed by atoms with Crippen molar-refractivity contribution in [2.75, 3.05) is 6.54 Å². The van der Waals surface area contributed by atoms with Crippen molar-refractivity contribution in [3.8, 4) is 5.75 Å². The van der Waals surface area contributed by atoms with Crippen LogP contribution in [0.5, 0.6) is 5.75 Å². The summed E-state index contributed by atoms with van der Waals surface area (Å²) in [7, 11) is 0. The van der Waals surface area contributed by atoms with Crippen LogP contribution in [0.25, 0.3) is 0 Å². The van der Waals surface area contributed by atoms with Crippen molar-refractivity contribution in [1.29, 1.82) is 0 Å². The minimum absolute atomic E-state index is 0.0323. The monoisotopic (exact) mass is 353 g/mol. The Bertz CT molecular complexity index is 783. The zero-order valence-corrected chi connectivity index (χ0v) is 13.4. The van der Waals surface area contributed by atoms with Gasteiger partial charge >= 0.3 is 6.18 Å². The van der Waals surface area contributed by atoms with E-state index in [-0.39, 0.29) is 6.04 Å². The summed E-state index contributed by atoms with van der Waals surface area (Å²) >= 11 is 0. The molecule has 0 saturated carbocycles. The van der Waals surface area contributed by atoms with Crippen molar-refractivity contribution < 1.29 is 22.7 Å². The van der Waals surface area contributed by atoms with Gasteiger partial charge in [0.05, 0.1) is 12.1 Å². The molecule has 0 unspecified atom stereocenters. The highest BCUT2D eigenvalue weighted by Crippen LogP contribution is 2.34. The van der Waals surface area contributed by atoms with Gasteiger partial charge in [-0.2, -0.15) is 13.2 Å². The number of hydrogen-bond acceptors (Lipinski definition) is 4. The van der Waals surface area contributed by atoms with Gasteiger partial charge in [-0.05, 0) is 37.1 Å². The van der Waals surface area contributed by atoms with E-state index in [1.807, 2.05) is 0 Å². The summed E-state index contributed by atoms with van der Waals surface area (Å²) in [6, 6.07) is 6.44. The van der Waals surface area contributed by atoms with Crippen molar-refractivity contribution in [1.82, 2.24) is 4.90 Å². The van der Waals surface area contributed by atoms with E-state index >= 15 is 0 Å². The number of piperidine rings is 1. The number of alkyl halides is 3. The number of aromatic hydroxyl groups is 1. The summed E-state index contributed by atoms with van der Waals surface area (Å²) in [6.07, 6.45) is -0.552.